The minimum absolute atomic E-state index is 0.217. The van der Waals surface area contributed by atoms with Crippen molar-refractivity contribution < 1.29 is 23.9 Å². The lowest BCUT2D eigenvalue weighted by molar-refractivity contribution is -0.137. The van der Waals surface area contributed by atoms with Crippen molar-refractivity contribution in [1.82, 2.24) is 4.90 Å². The third-order valence-corrected chi connectivity index (χ3v) is 5.90. The Bertz CT molecular complexity index is 1180. The molecule has 0 aliphatic carbocycles. The lowest BCUT2D eigenvalue weighted by atomic mass is 10.1. The SMILES string of the molecule is CCOC(=O)/C=C/C1=CN2C(=O)c3ccc(C)c4c3N(C(=O)[C@@H]2C1)C(c1ccccc1)O4. The van der Waals surface area contributed by atoms with Crippen LogP contribution < -0.4 is 9.64 Å². The first-order valence-electron chi connectivity index (χ1n) is 10.6. The summed E-state index contributed by atoms with van der Waals surface area (Å²) in [5.74, 6) is -0.383. The van der Waals surface area contributed by atoms with E-state index in [-0.39, 0.29) is 18.4 Å². The van der Waals surface area contributed by atoms with Crippen LogP contribution in [0.4, 0.5) is 5.69 Å². The molecule has 3 heterocycles. The van der Waals surface area contributed by atoms with Crippen LogP contribution in [0.5, 0.6) is 5.75 Å². The average Bonchev–Trinajstić information content (AvgIpc) is 3.39. The van der Waals surface area contributed by atoms with E-state index in [1.807, 2.05) is 43.3 Å². The molecule has 2 amide bonds. The molecule has 0 saturated heterocycles. The van der Waals surface area contributed by atoms with E-state index in [0.29, 0.717) is 29.0 Å². The second-order valence-corrected chi connectivity index (χ2v) is 7.92. The molecule has 32 heavy (non-hydrogen) atoms. The van der Waals surface area contributed by atoms with Crippen molar-refractivity contribution in [3.05, 3.63) is 83.1 Å². The topological polar surface area (TPSA) is 76.2 Å². The van der Waals surface area contributed by atoms with Gasteiger partial charge in [-0.25, -0.2) is 4.79 Å². The third kappa shape index (κ3) is 3.09. The molecule has 3 aliphatic rings. The largest absolute Gasteiger partial charge is 0.463 e. The highest BCUT2D eigenvalue weighted by Gasteiger charge is 2.49. The third-order valence-electron chi connectivity index (χ3n) is 5.90. The molecule has 162 valence electrons. The van der Waals surface area contributed by atoms with Gasteiger partial charge >= 0.3 is 5.97 Å². The van der Waals surface area contributed by atoms with E-state index >= 15 is 0 Å². The fraction of sp³-hybridized carbons (Fsp3) is 0.240. The zero-order chi connectivity index (χ0) is 22.4. The lowest BCUT2D eigenvalue weighted by Gasteiger charge is -2.27. The molecule has 7 nitrogen and oxygen atoms in total. The van der Waals surface area contributed by atoms with Crippen molar-refractivity contribution in [1.29, 1.82) is 0 Å². The molecule has 3 aliphatic heterocycles. The Hall–Kier alpha value is -3.87. The van der Waals surface area contributed by atoms with E-state index in [2.05, 4.69) is 0 Å². The first kappa shape index (κ1) is 20.1. The molecule has 2 aromatic carbocycles. The van der Waals surface area contributed by atoms with Gasteiger partial charge in [-0.1, -0.05) is 42.5 Å². The van der Waals surface area contributed by atoms with Gasteiger partial charge in [-0.05, 0) is 31.1 Å². The maximum absolute atomic E-state index is 13.8. The number of allylic oxidation sites excluding steroid dienone is 1. The first-order valence-corrected chi connectivity index (χ1v) is 10.6. The standard InChI is InChI=1S/C25H22N2O5/c1-3-31-20(28)12-10-16-13-19-24(30)27-21-18(23(29)26(19)14-16)11-9-15(2)22(21)32-25(27)17-7-5-4-6-8-17/h4-12,14,19,25H,3,13H2,1-2H3/b12-10+/t19-,25?/m0/s1. The van der Waals surface area contributed by atoms with Gasteiger partial charge in [-0.3, -0.25) is 14.5 Å². The number of hydrogen-bond acceptors (Lipinski definition) is 5. The summed E-state index contributed by atoms with van der Waals surface area (Å²) in [7, 11) is 0. The molecule has 0 saturated carbocycles. The van der Waals surface area contributed by atoms with Crippen molar-refractivity contribution >= 4 is 23.5 Å². The molecule has 0 fully saturated rings. The minimum Gasteiger partial charge on any atom is -0.463 e. The van der Waals surface area contributed by atoms with Crippen LogP contribution in [0.15, 0.2) is 66.4 Å². The predicted molar refractivity (Wildman–Crippen MR) is 117 cm³/mol. The van der Waals surface area contributed by atoms with E-state index in [0.717, 1.165) is 11.1 Å². The monoisotopic (exact) mass is 430 g/mol. The molecule has 0 spiro atoms. The number of carbonyl (C=O) groups is 3. The van der Waals surface area contributed by atoms with E-state index < -0.39 is 18.2 Å². The van der Waals surface area contributed by atoms with E-state index in [4.69, 9.17) is 9.47 Å². The lowest BCUT2D eigenvalue weighted by Crippen LogP contribution is -2.45. The molecule has 0 radical (unpaired) electrons. The van der Waals surface area contributed by atoms with E-state index in [9.17, 15) is 14.4 Å². The summed E-state index contributed by atoms with van der Waals surface area (Å²) in [5.41, 5.74) is 3.35. The normalized spacial score (nSPS) is 21.2. The molecular formula is C25H22N2O5. The Morgan fingerprint density at radius 3 is 2.72 bits per heavy atom. The van der Waals surface area contributed by atoms with Gasteiger partial charge in [0.25, 0.3) is 11.8 Å². The van der Waals surface area contributed by atoms with Crippen molar-refractivity contribution in [2.24, 2.45) is 0 Å². The molecule has 0 bridgehead atoms. The molecule has 2 aromatic rings. The van der Waals surface area contributed by atoms with Crippen LogP contribution in [0.2, 0.25) is 0 Å². The van der Waals surface area contributed by atoms with Crippen LogP contribution in [0.1, 0.15) is 41.1 Å². The predicted octanol–water partition coefficient (Wildman–Crippen LogP) is 3.65. The van der Waals surface area contributed by atoms with Crippen molar-refractivity contribution in [3.63, 3.8) is 0 Å². The summed E-state index contributed by atoms with van der Waals surface area (Å²) in [6.45, 7) is 3.92. The molecule has 1 unspecified atom stereocenters. The van der Waals surface area contributed by atoms with Crippen LogP contribution in [0, 0.1) is 6.92 Å². The van der Waals surface area contributed by atoms with E-state index in [1.54, 1.807) is 30.2 Å². The number of esters is 1. The van der Waals surface area contributed by atoms with Gasteiger partial charge in [0.15, 0.2) is 0 Å². The minimum atomic E-state index is -0.710. The van der Waals surface area contributed by atoms with E-state index in [1.165, 1.54) is 11.0 Å². The highest BCUT2D eigenvalue weighted by Crippen LogP contribution is 2.50. The van der Waals surface area contributed by atoms with Gasteiger partial charge in [0.1, 0.15) is 17.5 Å². The zero-order valence-electron chi connectivity index (χ0n) is 17.8. The zero-order valence-corrected chi connectivity index (χ0v) is 17.8. The quantitative estimate of drug-likeness (QED) is 0.547. The fourth-order valence-corrected chi connectivity index (χ4v) is 4.40. The van der Waals surface area contributed by atoms with Crippen molar-refractivity contribution in [3.8, 4) is 5.75 Å². The molecule has 5 rings (SSSR count). The number of benzene rings is 2. The number of nitrogens with zero attached hydrogens (tertiary/aromatic N) is 2. The number of carbonyl (C=O) groups excluding carboxylic acids is 3. The number of amides is 2. The molecule has 2 atom stereocenters. The average molecular weight is 430 g/mol. The fourth-order valence-electron chi connectivity index (χ4n) is 4.40. The first-order chi connectivity index (χ1) is 15.5. The van der Waals surface area contributed by atoms with Gasteiger partial charge in [0.05, 0.1) is 12.2 Å². The second kappa shape index (κ2) is 7.67. The second-order valence-electron chi connectivity index (χ2n) is 7.92. The summed E-state index contributed by atoms with van der Waals surface area (Å²) in [5, 5.41) is 0. The summed E-state index contributed by atoms with van der Waals surface area (Å²) in [4.78, 5) is 42.0. The number of rotatable bonds is 4. The maximum Gasteiger partial charge on any atom is 0.330 e. The van der Waals surface area contributed by atoms with Crippen LogP contribution in [-0.2, 0) is 14.3 Å². The Balaban J connectivity index is 1.57. The van der Waals surface area contributed by atoms with Gasteiger partial charge in [-0.15, -0.1) is 0 Å². The van der Waals surface area contributed by atoms with Crippen LogP contribution in [0.25, 0.3) is 0 Å². The maximum atomic E-state index is 13.8. The Morgan fingerprint density at radius 2 is 1.97 bits per heavy atom. The number of aryl methyl sites for hydroxylation is 1. The number of anilines is 1. The Labute approximate surface area is 185 Å². The highest BCUT2D eigenvalue weighted by molar-refractivity contribution is 6.14. The van der Waals surface area contributed by atoms with Gasteiger partial charge < -0.3 is 14.4 Å². The molecule has 0 aromatic heterocycles. The van der Waals surface area contributed by atoms with Crippen molar-refractivity contribution in [2.45, 2.75) is 32.5 Å². The summed E-state index contributed by atoms with van der Waals surface area (Å²) >= 11 is 0. The number of hydrogen-bond donors (Lipinski definition) is 0. The van der Waals surface area contributed by atoms with Gasteiger partial charge in [0, 0.05) is 24.3 Å². The van der Waals surface area contributed by atoms with Crippen LogP contribution in [-0.4, -0.2) is 35.3 Å². The van der Waals surface area contributed by atoms with Crippen LogP contribution >= 0.6 is 0 Å². The Kier molecular flexibility index (Phi) is 4.81. The van der Waals surface area contributed by atoms with Crippen molar-refractivity contribution in [2.75, 3.05) is 11.5 Å². The summed E-state index contributed by atoms with van der Waals surface area (Å²) in [6, 6.07) is 12.4. The summed E-state index contributed by atoms with van der Waals surface area (Å²) < 4.78 is 11.2. The van der Waals surface area contributed by atoms with Gasteiger partial charge in [-0.2, -0.15) is 0 Å². The summed E-state index contributed by atoms with van der Waals surface area (Å²) in [6.07, 6.45) is 4.22. The van der Waals surface area contributed by atoms with Gasteiger partial charge in [0.2, 0.25) is 6.23 Å². The molecule has 0 N–H and O–H groups in total. The Morgan fingerprint density at radius 1 is 1.19 bits per heavy atom. The molecule has 7 heteroatoms. The highest BCUT2D eigenvalue weighted by atomic mass is 16.5. The molecular weight excluding hydrogens is 408 g/mol. The van der Waals surface area contributed by atoms with Crippen LogP contribution in [0.3, 0.4) is 0 Å². The number of ether oxygens (including phenoxy) is 2. The number of fused-ring (bicyclic) bond motifs is 1. The smallest absolute Gasteiger partial charge is 0.330 e.